The monoisotopic (exact) mass is 282 g/mol. The highest BCUT2D eigenvalue weighted by Gasteiger charge is 2.18. The molecule has 0 aliphatic heterocycles. The summed E-state index contributed by atoms with van der Waals surface area (Å²) in [6.45, 7) is 0. The highest BCUT2D eigenvalue weighted by Crippen LogP contribution is 2.38. The predicted molar refractivity (Wildman–Crippen MR) is 69.3 cm³/mol. The molecular weight excluding hydrogens is 268 g/mol. The zero-order chi connectivity index (χ0) is 15.3. The van der Waals surface area contributed by atoms with Crippen LogP contribution in [0.15, 0.2) is 17.7 Å². The Bertz CT molecular complexity index is 519. The van der Waals surface area contributed by atoms with Crippen molar-refractivity contribution in [2.24, 2.45) is 0 Å². The number of hydrogen-bond acceptors (Lipinski definition) is 5. The van der Waals surface area contributed by atoms with E-state index in [4.69, 9.17) is 24.4 Å². The van der Waals surface area contributed by atoms with Gasteiger partial charge in [-0.2, -0.15) is 0 Å². The molecule has 108 valence electrons. The van der Waals surface area contributed by atoms with E-state index in [0.717, 1.165) is 6.08 Å². The van der Waals surface area contributed by atoms with Crippen molar-refractivity contribution in [3.63, 3.8) is 0 Å². The van der Waals surface area contributed by atoms with Gasteiger partial charge in [0.05, 0.1) is 21.3 Å². The number of benzene rings is 1. The molecule has 0 amide bonds. The molecule has 0 saturated carbocycles. The van der Waals surface area contributed by atoms with Crippen LogP contribution in [0.5, 0.6) is 17.2 Å². The van der Waals surface area contributed by atoms with Crippen LogP contribution in [0.1, 0.15) is 5.56 Å². The van der Waals surface area contributed by atoms with Gasteiger partial charge in [-0.05, 0) is 23.8 Å². The van der Waals surface area contributed by atoms with E-state index < -0.39 is 17.5 Å². The lowest BCUT2D eigenvalue weighted by molar-refractivity contribution is -0.140. The summed E-state index contributed by atoms with van der Waals surface area (Å²) in [6, 6.07) is 2.90. The molecule has 7 heteroatoms. The molecular formula is C13H14O7. The van der Waals surface area contributed by atoms with E-state index in [0.29, 0.717) is 22.8 Å². The SMILES string of the molecule is COc1cc(C=C(C(=O)O)C(=O)O)cc(OC)c1OC. The number of carboxylic acid groups (broad SMARTS) is 2. The van der Waals surface area contributed by atoms with E-state index in [1.54, 1.807) is 0 Å². The van der Waals surface area contributed by atoms with Crippen LogP contribution < -0.4 is 14.2 Å². The summed E-state index contributed by atoms with van der Waals surface area (Å²) >= 11 is 0. The minimum atomic E-state index is -1.54. The van der Waals surface area contributed by atoms with E-state index in [9.17, 15) is 9.59 Å². The molecule has 1 aromatic carbocycles. The van der Waals surface area contributed by atoms with Crippen molar-refractivity contribution in [1.82, 2.24) is 0 Å². The highest BCUT2D eigenvalue weighted by molar-refractivity contribution is 6.16. The minimum absolute atomic E-state index is 0.299. The highest BCUT2D eigenvalue weighted by atomic mass is 16.5. The Morgan fingerprint density at radius 2 is 1.40 bits per heavy atom. The van der Waals surface area contributed by atoms with E-state index in [-0.39, 0.29) is 0 Å². The minimum Gasteiger partial charge on any atom is -0.493 e. The number of carbonyl (C=O) groups is 2. The lowest BCUT2D eigenvalue weighted by atomic mass is 10.1. The van der Waals surface area contributed by atoms with Gasteiger partial charge in [0.15, 0.2) is 11.5 Å². The van der Waals surface area contributed by atoms with Crippen LogP contribution in [0, 0.1) is 0 Å². The standard InChI is InChI=1S/C13H14O7/c1-18-9-5-7(4-8(12(14)15)13(16)17)6-10(19-2)11(9)20-3/h4-6H,1-3H3,(H,14,15)(H,16,17). The maximum Gasteiger partial charge on any atom is 0.343 e. The lowest BCUT2D eigenvalue weighted by Gasteiger charge is -2.13. The molecule has 0 aliphatic rings. The fourth-order valence-electron chi connectivity index (χ4n) is 1.57. The fourth-order valence-corrected chi connectivity index (χ4v) is 1.57. The summed E-state index contributed by atoms with van der Waals surface area (Å²) in [6.07, 6.45) is 1.01. The van der Waals surface area contributed by atoms with E-state index in [1.807, 2.05) is 0 Å². The predicted octanol–water partition coefficient (Wildman–Crippen LogP) is 1.26. The average molecular weight is 282 g/mol. The second-order valence-corrected chi connectivity index (χ2v) is 3.63. The van der Waals surface area contributed by atoms with Gasteiger partial charge in [0, 0.05) is 0 Å². The normalized spacial score (nSPS) is 9.55. The molecule has 0 bridgehead atoms. The molecule has 20 heavy (non-hydrogen) atoms. The van der Waals surface area contributed by atoms with Crippen molar-refractivity contribution in [2.45, 2.75) is 0 Å². The number of carboxylic acids is 2. The third kappa shape index (κ3) is 3.19. The lowest BCUT2D eigenvalue weighted by Crippen LogP contribution is -2.10. The summed E-state index contributed by atoms with van der Waals surface area (Å²) in [5, 5.41) is 17.6. The van der Waals surface area contributed by atoms with Gasteiger partial charge in [0.1, 0.15) is 5.57 Å². The Kier molecular flexibility index (Phi) is 4.96. The van der Waals surface area contributed by atoms with Gasteiger partial charge in [0.25, 0.3) is 0 Å². The van der Waals surface area contributed by atoms with Crippen LogP contribution in [-0.2, 0) is 9.59 Å². The van der Waals surface area contributed by atoms with Crippen molar-refractivity contribution in [1.29, 1.82) is 0 Å². The van der Waals surface area contributed by atoms with Crippen molar-refractivity contribution in [3.05, 3.63) is 23.3 Å². The van der Waals surface area contributed by atoms with Crippen LogP contribution in [0.2, 0.25) is 0 Å². The van der Waals surface area contributed by atoms with Gasteiger partial charge >= 0.3 is 11.9 Å². The Labute approximate surface area is 115 Å². The molecule has 0 radical (unpaired) electrons. The Morgan fingerprint density at radius 1 is 0.950 bits per heavy atom. The molecule has 0 aliphatic carbocycles. The Hall–Kier alpha value is -2.70. The van der Waals surface area contributed by atoms with Gasteiger partial charge < -0.3 is 24.4 Å². The summed E-state index contributed by atoms with van der Waals surface area (Å²) < 4.78 is 15.3. The summed E-state index contributed by atoms with van der Waals surface area (Å²) in [5.74, 6) is -2.14. The second kappa shape index (κ2) is 6.46. The first-order valence-electron chi connectivity index (χ1n) is 5.42. The van der Waals surface area contributed by atoms with Crippen molar-refractivity contribution >= 4 is 18.0 Å². The Morgan fingerprint density at radius 3 is 1.70 bits per heavy atom. The molecule has 1 rings (SSSR count). The third-order valence-electron chi connectivity index (χ3n) is 2.46. The summed E-state index contributed by atoms with van der Waals surface area (Å²) in [7, 11) is 4.23. The van der Waals surface area contributed by atoms with Crippen LogP contribution in [0.3, 0.4) is 0 Å². The average Bonchev–Trinajstić information content (AvgIpc) is 2.42. The van der Waals surface area contributed by atoms with Crippen molar-refractivity contribution < 1.29 is 34.0 Å². The molecule has 0 atom stereocenters. The Balaban J connectivity index is 3.43. The number of aliphatic carboxylic acids is 2. The zero-order valence-electron chi connectivity index (χ0n) is 11.2. The summed E-state index contributed by atoms with van der Waals surface area (Å²) in [4.78, 5) is 21.7. The first kappa shape index (κ1) is 15.4. The smallest absolute Gasteiger partial charge is 0.343 e. The van der Waals surface area contributed by atoms with Gasteiger partial charge in [-0.25, -0.2) is 9.59 Å². The van der Waals surface area contributed by atoms with Crippen LogP contribution in [0.25, 0.3) is 6.08 Å². The molecule has 0 unspecified atom stereocenters. The number of rotatable bonds is 6. The second-order valence-electron chi connectivity index (χ2n) is 3.63. The molecule has 0 saturated heterocycles. The molecule has 0 spiro atoms. The number of ether oxygens (including phenoxy) is 3. The number of hydrogen-bond donors (Lipinski definition) is 2. The maximum atomic E-state index is 10.8. The molecule has 1 aromatic rings. The maximum absolute atomic E-state index is 10.8. The van der Waals surface area contributed by atoms with Gasteiger partial charge in [-0.1, -0.05) is 0 Å². The zero-order valence-corrected chi connectivity index (χ0v) is 11.2. The molecule has 0 aromatic heterocycles. The first-order valence-corrected chi connectivity index (χ1v) is 5.42. The largest absolute Gasteiger partial charge is 0.493 e. The van der Waals surface area contributed by atoms with Crippen molar-refractivity contribution in [3.8, 4) is 17.2 Å². The van der Waals surface area contributed by atoms with E-state index in [2.05, 4.69) is 0 Å². The topological polar surface area (TPSA) is 102 Å². The van der Waals surface area contributed by atoms with Crippen LogP contribution in [0.4, 0.5) is 0 Å². The summed E-state index contributed by atoms with van der Waals surface area (Å²) in [5.41, 5.74) is -0.460. The van der Waals surface area contributed by atoms with Gasteiger partial charge in [0.2, 0.25) is 5.75 Å². The van der Waals surface area contributed by atoms with Gasteiger partial charge in [-0.3, -0.25) is 0 Å². The number of methoxy groups -OCH3 is 3. The fraction of sp³-hybridized carbons (Fsp3) is 0.231. The third-order valence-corrected chi connectivity index (χ3v) is 2.46. The quantitative estimate of drug-likeness (QED) is 0.460. The molecule has 2 N–H and O–H groups in total. The van der Waals surface area contributed by atoms with Crippen molar-refractivity contribution in [2.75, 3.05) is 21.3 Å². The first-order chi connectivity index (χ1) is 9.44. The molecule has 0 heterocycles. The van der Waals surface area contributed by atoms with E-state index >= 15 is 0 Å². The van der Waals surface area contributed by atoms with Gasteiger partial charge in [-0.15, -0.1) is 0 Å². The molecule has 7 nitrogen and oxygen atoms in total. The van der Waals surface area contributed by atoms with Crippen LogP contribution in [-0.4, -0.2) is 43.5 Å². The van der Waals surface area contributed by atoms with E-state index in [1.165, 1.54) is 33.5 Å². The molecule has 0 fully saturated rings. The van der Waals surface area contributed by atoms with Crippen LogP contribution >= 0.6 is 0 Å².